The zero-order chi connectivity index (χ0) is 24.7. The average Bonchev–Trinajstić information content (AvgIpc) is 3.57. The van der Waals surface area contributed by atoms with Gasteiger partial charge >= 0.3 is 12.1 Å². The monoisotopic (exact) mass is 472 g/mol. The SMILES string of the molecule is COC(=O)COCCN1CCC(N(C(=O)OC(C)(C)C)C2CC2/C(C)=C/c2ccccc2)CC1. The summed E-state index contributed by atoms with van der Waals surface area (Å²) >= 11 is 0. The van der Waals surface area contributed by atoms with Crippen LogP contribution in [0.2, 0.25) is 0 Å². The molecule has 2 aliphatic rings. The Morgan fingerprint density at radius 2 is 1.82 bits per heavy atom. The molecule has 0 N–H and O–H groups in total. The van der Waals surface area contributed by atoms with Gasteiger partial charge in [0.15, 0.2) is 0 Å². The molecule has 0 aromatic heterocycles. The van der Waals surface area contributed by atoms with Crippen molar-refractivity contribution >= 4 is 18.1 Å². The summed E-state index contributed by atoms with van der Waals surface area (Å²) in [6, 6.07) is 10.7. The topological polar surface area (TPSA) is 68.3 Å². The number of nitrogens with zero attached hydrogens (tertiary/aromatic N) is 2. The summed E-state index contributed by atoms with van der Waals surface area (Å²) in [6.07, 6.45) is 4.82. The highest BCUT2D eigenvalue weighted by Gasteiger charge is 2.48. The largest absolute Gasteiger partial charge is 0.467 e. The standard InChI is InChI=1S/C27H40N2O5/c1-20(17-21-9-7-6-8-10-21)23-18-24(23)29(26(31)34-27(2,3)4)22-11-13-28(14-12-22)15-16-33-19-25(30)32-5/h6-10,17,22-24H,11-16,18-19H2,1-5H3/b20-17+. The number of esters is 1. The van der Waals surface area contributed by atoms with E-state index in [0.29, 0.717) is 12.5 Å². The fraction of sp³-hybridized carbons (Fsp3) is 0.630. The molecule has 1 aliphatic heterocycles. The summed E-state index contributed by atoms with van der Waals surface area (Å²) in [6.45, 7) is 11.0. The fourth-order valence-corrected chi connectivity index (χ4v) is 4.60. The molecule has 1 saturated heterocycles. The van der Waals surface area contributed by atoms with Crippen LogP contribution in [0, 0.1) is 5.92 Å². The Labute approximate surface area is 204 Å². The van der Waals surface area contributed by atoms with Crippen LogP contribution < -0.4 is 0 Å². The second kappa shape index (κ2) is 11.8. The molecule has 1 aromatic rings. The molecule has 1 aliphatic carbocycles. The van der Waals surface area contributed by atoms with Crippen molar-refractivity contribution in [3.05, 3.63) is 41.5 Å². The molecule has 0 bridgehead atoms. The van der Waals surface area contributed by atoms with Gasteiger partial charge in [-0.25, -0.2) is 9.59 Å². The lowest BCUT2D eigenvalue weighted by atomic mass is 10.0. The minimum Gasteiger partial charge on any atom is -0.467 e. The number of ether oxygens (including phenoxy) is 3. The van der Waals surface area contributed by atoms with Crippen LogP contribution in [0.25, 0.3) is 6.08 Å². The number of amides is 1. The summed E-state index contributed by atoms with van der Waals surface area (Å²) in [5.74, 6) is 0.0137. The lowest BCUT2D eigenvalue weighted by Gasteiger charge is -2.39. The van der Waals surface area contributed by atoms with E-state index in [1.165, 1.54) is 18.2 Å². The molecule has 0 radical (unpaired) electrons. The van der Waals surface area contributed by atoms with Gasteiger partial charge in [0, 0.05) is 37.6 Å². The number of methoxy groups -OCH3 is 1. The molecule has 34 heavy (non-hydrogen) atoms. The molecule has 2 unspecified atom stereocenters. The minimum atomic E-state index is -0.522. The smallest absolute Gasteiger partial charge is 0.410 e. The van der Waals surface area contributed by atoms with Crippen molar-refractivity contribution in [3.63, 3.8) is 0 Å². The molecule has 1 saturated carbocycles. The fourth-order valence-electron chi connectivity index (χ4n) is 4.60. The summed E-state index contributed by atoms with van der Waals surface area (Å²) < 4.78 is 15.8. The van der Waals surface area contributed by atoms with Gasteiger partial charge in [0.2, 0.25) is 0 Å². The van der Waals surface area contributed by atoms with Crippen molar-refractivity contribution in [1.82, 2.24) is 9.80 Å². The highest BCUT2D eigenvalue weighted by Crippen LogP contribution is 2.44. The third-order valence-electron chi connectivity index (χ3n) is 6.45. The maximum atomic E-state index is 13.3. The lowest BCUT2D eigenvalue weighted by molar-refractivity contribution is -0.146. The van der Waals surface area contributed by atoms with Crippen LogP contribution >= 0.6 is 0 Å². The molecule has 7 nitrogen and oxygen atoms in total. The Balaban J connectivity index is 1.59. The molecule has 1 heterocycles. The van der Waals surface area contributed by atoms with Gasteiger partial charge in [0.05, 0.1) is 13.7 Å². The van der Waals surface area contributed by atoms with Gasteiger partial charge in [-0.1, -0.05) is 42.0 Å². The Bertz CT molecular complexity index is 840. The van der Waals surface area contributed by atoms with Crippen LogP contribution in [-0.4, -0.2) is 79.5 Å². The first-order valence-electron chi connectivity index (χ1n) is 12.3. The maximum Gasteiger partial charge on any atom is 0.410 e. The Morgan fingerprint density at radius 3 is 2.44 bits per heavy atom. The Kier molecular flexibility index (Phi) is 9.14. The van der Waals surface area contributed by atoms with Gasteiger partial charge in [0.1, 0.15) is 12.2 Å². The molecule has 0 spiro atoms. The van der Waals surface area contributed by atoms with Gasteiger partial charge in [-0.05, 0) is 52.5 Å². The first-order chi connectivity index (χ1) is 16.2. The highest BCUT2D eigenvalue weighted by atomic mass is 16.6. The van der Waals surface area contributed by atoms with Gasteiger partial charge in [0.25, 0.3) is 0 Å². The van der Waals surface area contributed by atoms with E-state index in [-0.39, 0.29) is 30.8 Å². The number of carbonyl (C=O) groups excluding carboxylic acids is 2. The van der Waals surface area contributed by atoms with Crippen LogP contribution in [0.5, 0.6) is 0 Å². The van der Waals surface area contributed by atoms with Crippen molar-refractivity contribution < 1.29 is 23.8 Å². The molecule has 3 rings (SSSR count). The third kappa shape index (κ3) is 7.84. The van der Waals surface area contributed by atoms with E-state index in [9.17, 15) is 9.59 Å². The first kappa shape index (κ1) is 26.2. The zero-order valence-corrected chi connectivity index (χ0v) is 21.3. The first-order valence-corrected chi connectivity index (χ1v) is 12.3. The second-order valence-electron chi connectivity index (χ2n) is 10.3. The van der Waals surface area contributed by atoms with E-state index in [1.807, 2.05) is 43.9 Å². The van der Waals surface area contributed by atoms with Crippen molar-refractivity contribution in [2.75, 3.05) is 40.0 Å². The number of hydrogen-bond donors (Lipinski definition) is 0. The van der Waals surface area contributed by atoms with Crippen molar-refractivity contribution in [1.29, 1.82) is 0 Å². The van der Waals surface area contributed by atoms with Crippen LogP contribution in [-0.2, 0) is 19.0 Å². The molecule has 2 fully saturated rings. The molecule has 2 atom stereocenters. The average molecular weight is 473 g/mol. The van der Waals surface area contributed by atoms with Crippen molar-refractivity contribution in [3.8, 4) is 0 Å². The Morgan fingerprint density at radius 1 is 1.15 bits per heavy atom. The minimum absolute atomic E-state index is 0.0156. The van der Waals surface area contributed by atoms with Crippen molar-refractivity contribution in [2.24, 2.45) is 5.92 Å². The van der Waals surface area contributed by atoms with E-state index in [1.54, 1.807) is 0 Å². The Hall–Kier alpha value is -2.38. The third-order valence-corrected chi connectivity index (χ3v) is 6.45. The van der Waals surface area contributed by atoms with E-state index in [0.717, 1.165) is 38.9 Å². The van der Waals surface area contributed by atoms with E-state index < -0.39 is 5.60 Å². The number of carbonyl (C=O) groups is 2. The summed E-state index contributed by atoms with van der Waals surface area (Å²) in [7, 11) is 1.36. The maximum absolute atomic E-state index is 13.3. The molecule has 7 heteroatoms. The zero-order valence-electron chi connectivity index (χ0n) is 21.3. The van der Waals surface area contributed by atoms with Gasteiger partial charge in [-0.3, -0.25) is 0 Å². The quantitative estimate of drug-likeness (QED) is 0.393. The number of likely N-dealkylation sites (tertiary alicyclic amines) is 1. The summed E-state index contributed by atoms with van der Waals surface area (Å²) in [4.78, 5) is 28.8. The van der Waals surface area contributed by atoms with Crippen LogP contribution in [0.4, 0.5) is 4.79 Å². The van der Waals surface area contributed by atoms with E-state index >= 15 is 0 Å². The molecular weight excluding hydrogens is 432 g/mol. The second-order valence-corrected chi connectivity index (χ2v) is 10.3. The number of benzene rings is 1. The number of piperidine rings is 1. The molecular formula is C27H40N2O5. The van der Waals surface area contributed by atoms with E-state index in [4.69, 9.17) is 9.47 Å². The normalized spacial score (nSPS) is 21.7. The molecule has 1 amide bonds. The molecule has 1 aromatic carbocycles. The predicted molar refractivity (Wildman–Crippen MR) is 132 cm³/mol. The summed E-state index contributed by atoms with van der Waals surface area (Å²) in [5.41, 5.74) is 1.98. The number of hydrogen-bond acceptors (Lipinski definition) is 6. The lowest BCUT2D eigenvalue weighted by Crippen LogP contribution is -2.50. The van der Waals surface area contributed by atoms with Crippen molar-refractivity contribution in [2.45, 2.75) is 64.6 Å². The molecule has 188 valence electrons. The predicted octanol–water partition coefficient (Wildman–Crippen LogP) is 4.37. The highest BCUT2D eigenvalue weighted by molar-refractivity contribution is 5.70. The van der Waals surface area contributed by atoms with Crippen LogP contribution in [0.15, 0.2) is 35.9 Å². The van der Waals surface area contributed by atoms with Gasteiger partial charge < -0.3 is 24.0 Å². The summed E-state index contributed by atoms with van der Waals surface area (Å²) in [5, 5.41) is 0. The van der Waals surface area contributed by atoms with Gasteiger partial charge in [-0.15, -0.1) is 0 Å². The number of rotatable bonds is 9. The van der Waals surface area contributed by atoms with Crippen LogP contribution in [0.1, 0.15) is 52.5 Å². The van der Waals surface area contributed by atoms with Crippen LogP contribution in [0.3, 0.4) is 0 Å². The van der Waals surface area contributed by atoms with E-state index in [2.05, 4.69) is 34.8 Å². The van der Waals surface area contributed by atoms with Gasteiger partial charge in [-0.2, -0.15) is 0 Å².